The number of hydrogen-bond acceptors (Lipinski definition) is 3. The Balaban J connectivity index is 2.49. The summed E-state index contributed by atoms with van der Waals surface area (Å²) in [4.78, 5) is 0. The summed E-state index contributed by atoms with van der Waals surface area (Å²) in [7, 11) is 0. The normalized spacial score (nSPS) is 10.2. The van der Waals surface area contributed by atoms with Gasteiger partial charge in [0.1, 0.15) is 0 Å². The zero-order valence-corrected chi connectivity index (χ0v) is 7.37. The van der Waals surface area contributed by atoms with Crippen LogP contribution < -0.4 is 0 Å². The van der Waals surface area contributed by atoms with Crippen LogP contribution in [0.1, 0.15) is 25.5 Å². The van der Waals surface area contributed by atoms with Gasteiger partial charge in [0.05, 0.1) is 17.4 Å². The van der Waals surface area contributed by atoms with E-state index in [1.807, 2.05) is 0 Å². The fraction of sp³-hybridized carbons (Fsp3) is 0.667. The molecule has 0 N–H and O–H groups in total. The van der Waals surface area contributed by atoms with Crippen LogP contribution in [-0.4, -0.2) is 8.75 Å². The molecule has 56 valence electrons. The van der Waals surface area contributed by atoms with Crippen LogP contribution >= 0.6 is 23.3 Å². The first kappa shape index (κ1) is 7.95. The van der Waals surface area contributed by atoms with Gasteiger partial charge in [-0.3, -0.25) is 0 Å². The molecule has 0 unspecified atom stereocenters. The molecule has 1 rings (SSSR count). The summed E-state index contributed by atoms with van der Waals surface area (Å²) in [5.74, 6) is 0. The summed E-state index contributed by atoms with van der Waals surface area (Å²) < 4.78 is 7.92. The van der Waals surface area contributed by atoms with E-state index in [1.54, 1.807) is 0 Å². The van der Waals surface area contributed by atoms with Gasteiger partial charge in [0, 0.05) is 0 Å². The van der Waals surface area contributed by atoms with E-state index in [1.165, 1.54) is 18.1 Å². The Morgan fingerprint density at radius 3 is 2.80 bits per heavy atom. The first-order chi connectivity index (χ1) is 4.84. The Labute approximate surface area is 69.6 Å². The Morgan fingerprint density at radius 1 is 1.50 bits per heavy atom. The molecule has 10 heavy (non-hydrogen) atoms. The monoisotopic (exact) mass is 176 g/mol. The van der Waals surface area contributed by atoms with E-state index < -0.39 is 0 Å². The molecule has 1 aromatic rings. The van der Waals surface area contributed by atoms with Crippen LogP contribution in [0, 0.1) is 0 Å². The van der Waals surface area contributed by atoms with Crippen LogP contribution in [-0.2, 0) is 6.42 Å². The van der Waals surface area contributed by atoms with Gasteiger partial charge in [-0.25, -0.2) is 0 Å². The van der Waals surface area contributed by atoms with Crippen molar-refractivity contribution in [1.29, 1.82) is 0 Å². The van der Waals surface area contributed by atoms with Crippen molar-refractivity contribution in [1.82, 2.24) is 8.75 Å². The third kappa shape index (κ3) is 1.92. The molecule has 0 aliphatic heterocycles. The Bertz CT molecular complexity index is 199. The van der Waals surface area contributed by atoms with E-state index in [0.29, 0.717) is 5.15 Å². The van der Waals surface area contributed by atoms with Gasteiger partial charge in [0.25, 0.3) is 0 Å². The molecule has 0 radical (unpaired) electrons. The highest BCUT2D eigenvalue weighted by Crippen LogP contribution is 2.14. The molecule has 0 fully saturated rings. The minimum absolute atomic E-state index is 0.582. The topological polar surface area (TPSA) is 25.8 Å². The number of unbranched alkanes of at least 4 members (excludes halogenated alkanes) is 1. The van der Waals surface area contributed by atoms with Gasteiger partial charge in [-0.2, -0.15) is 8.75 Å². The fourth-order valence-corrected chi connectivity index (χ4v) is 1.46. The lowest BCUT2D eigenvalue weighted by Crippen LogP contribution is -1.84. The van der Waals surface area contributed by atoms with Gasteiger partial charge in [-0.05, 0) is 12.8 Å². The maximum absolute atomic E-state index is 5.71. The molecule has 4 heteroatoms. The summed E-state index contributed by atoms with van der Waals surface area (Å²) >= 11 is 6.90. The molecule has 1 aromatic heterocycles. The number of aromatic nitrogens is 2. The predicted octanol–water partition coefficient (Wildman–Crippen LogP) is 2.53. The van der Waals surface area contributed by atoms with Crippen molar-refractivity contribution >= 4 is 23.3 Å². The molecule has 2 nitrogen and oxygen atoms in total. The second-order valence-corrected chi connectivity index (χ2v) is 2.99. The van der Waals surface area contributed by atoms with Crippen LogP contribution in [0.15, 0.2) is 0 Å². The lowest BCUT2D eigenvalue weighted by molar-refractivity contribution is 0.783. The quantitative estimate of drug-likeness (QED) is 0.708. The van der Waals surface area contributed by atoms with Gasteiger partial charge in [-0.1, -0.05) is 24.9 Å². The summed E-state index contributed by atoms with van der Waals surface area (Å²) in [5.41, 5.74) is 0.952. The first-order valence-corrected chi connectivity index (χ1v) is 4.42. The Kier molecular flexibility index (Phi) is 3.09. The minimum atomic E-state index is 0.582. The van der Waals surface area contributed by atoms with Crippen LogP contribution in [0.5, 0.6) is 0 Å². The van der Waals surface area contributed by atoms with Crippen molar-refractivity contribution in [2.75, 3.05) is 0 Å². The zero-order valence-electron chi connectivity index (χ0n) is 5.80. The predicted molar refractivity (Wildman–Crippen MR) is 43.5 cm³/mol. The number of aryl methyl sites for hydroxylation is 1. The molecule has 0 saturated carbocycles. The van der Waals surface area contributed by atoms with Crippen LogP contribution in [0.25, 0.3) is 0 Å². The SMILES string of the molecule is CCCCc1nsnc1Cl. The van der Waals surface area contributed by atoms with E-state index in [0.717, 1.165) is 18.5 Å². The second-order valence-electron chi connectivity index (χ2n) is 2.11. The Morgan fingerprint density at radius 2 is 2.30 bits per heavy atom. The highest BCUT2D eigenvalue weighted by molar-refractivity contribution is 6.99. The first-order valence-electron chi connectivity index (χ1n) is 3.31. The maximum atomic E-state index is 5.71. The number of nitrogens with zero attached hydrogens (tertiary/aromatic N) is 2. The average Bonchev–Trinajstić information content (AvgIpc) is 2.31. The Hall–Kier alpha value is -0.150. The standard InChI is InChI=1S/C6H9ClN2S/c1-2-3-4-5-6(7)9-10-8-5/h2-4H2,1H3. The van der Waals surface area contributed by atoms with Crippen molar-refractivity contribution < 1.29 is 0 Å². The van der Waals surface area contributed by atoms with Gasteiger partial charge in [0.15, 0.2) is 5.15 Å². The van der Waals surface area contributed by atoms with E-state index in [2.05, 4.69) is 15.7 Å². The number of halogens is 1. The van der Waals surface area contributed by atoms with E-state index >= 15 is 0 Å². The van der Waals surface area contributed by atoms with Gasteiger partial charge < -0.3 is 0 Å². The maximum Gasteiger partial charge on any atom is 0.166 e. The summed E-state index contributed by atoms with van der Waals surface area (Å²) in [6, 6.07) is 0. The third-order valence-electron chi connectivity index (χ3n) is 1.28. The summed E-state index contributed by atoms with van der Waals surface area (Å²) in [6.07, 6.45) is 3.28. The zero-order chi connectivity index (χ0) is 7.40. The second kappa shape index (κ2) is 3.88. The van der Waals surface area contributed by atoms with Gasteiger partial charge in [-0.15, -0.1) is 0 Å². The highest BCUT2D eigenvalue weighted by atomic mass is 35.5. The molecule has 0 aliphatic rings. The minimum Gasteiger partial charge on any atom is -0.176 e. The van der Waals surface area contributed by atoms with Crippen molar-refractivity contribution in [3.05, 3.63) is 10.8 Å². The molecule has 0 bridgehead atoms. The number of hydrogen-bond donors (Lipinski definition) is 0. The van der Waals surface area contributed by atoms with E-state index in [-0.39, 0.29) is 0 Å². The smallest absolute Gasteiger partial charge is 0.166 e. The molecule has 0 spiro atoms. The van der Waals surface area contributed by atoms with E-state index in [4.69, 9.17) is 11.6 Å². The third-order valence-corrected chi connectivity index (χ3v) is 2.25. The molecule has 0 aliphatic carbocycles. The molecule has 0 saturated heterocycles. The molecule has 0 atom stereocenters. The van der Waals surface area contributed by atoms with Crippen molar-refractivity contribution in [2.24, 2.45) is 0 Å². The average molecular weight is 177 g/mol. The molecule has 0 amide bonds. The lowest BCUT2D eigenvalue weighted by atomic mass is 10.2. The van der Waals surface area contributed by atoms with Crippen LogP contribution in [0.2, 0.25) is 5.15 Å². The highest BCUT2D eigenvalue weighted by Gasteiger charge is 2.02. The molecular weight excluding hydrogens is 168 g/mol. The van der Waals surface area contributed by atoms with Crippen LogP contribution in [0.4, 0.5) is 0 Å². The van der Waals surface area contributed by atoms with Crippen molar-refractivity contribution in [3.8, 4) is 0 Å². The van der Waals surface area contributed by atoms with Gasteiger partial charge in [0.2, 0.25) is 0 Å². The fourth-order valence-electron chi connectivity index (χ4n) is 0.689. The molecule has 1 heterocycles. The molecule has 0 aromatic carbocycles. The molecular formula is C6H9ClN2S. The van der Waals surface area contributed by atoms with E-state index in [9.17, 15) is 0 Å². The van der Waals surface area contributed by atoms with Crippen molar-refractivity contribution in [3.63, 3.8) is 0 Å². The summed E-state index contributed by atoms with van der Waals surface area (Å²) in [6.45, 7) is 2.15. The largest absolute Gasteiger partial charge is 0.176 e. The van der Waals surface area contributed by atoms with Crippen molar-refractivity contribution in [2.45, 2.75) is 26.2 Å². The van der Waals surface area contributed by atoms with Gasteiger partial charge >= 0.3 is 0 Å². The lowest BCUT2D eigenvalue weighted by Gasteiger charge is -1.90. The van der Waals surface area contributed by atoms with Crippen LogP contribution in [0.3, 0.4) is 0 Å². The number of rotatable bonds is 3. The summed E-state index contributed by atoms with van der Waals surface area (Å²) in [5, 5.41) is 0.582.